The lowest BCUT2D eigenvalue weighted by molar-refractivity contribution is 0.0959. The van der Waals surface area contributed by atoms with Gasteiger partial charge in [0.1, 0.15) is 5.75 Å². The fourth-order valence-electron chi connectivity index (χ4n) is 2.28. The molecule has 1 amide bonds. The third kappa shape index (κ3) is 4.27. The average molecular weight is 379 g/mol. The number of hydrogen-bond donors (Lipinski definition) is 2. The van der Waals surface area contributed by atoms with Crippen LogP contribution < -0.4 is 15.6 Å². The van der Waals surface area contributed by atoms with E-state index in [1.807, 2.05) is 0 Å². The Balaban J connectivity index is 2.30. The Morgan fingerprint density at radius 2 is 1.85 bits per heavy atom. The number of hydrogen-bond acceptors (Lipinski definition) is 7. The Bertz CT molecular complexity index is 854. The molecule has 2 N–H and O–H groups in total. The Hall–Kier alpha value is -2.72. The molecule has 0 spiro atoms. The van der Waals surface area contributed by atoms with Crippen molar-refractivity contribution in [3.8, 4) is 5.75 Å². The number of carbonyl (C=O) groups is 1. The first-order chi connectivity index (χ1) is 12.4. The van der Waals surface area contributed by atoms with Crippen LogP contribution in [0.25, 0.3) is 0 Å². The number of amides is 1. The van der Waals surface area contributed by atoms with E-state index in [-0.39, 0.29) is 22.2 Å². The van der Waals surface area contributed by atoms with Gasteiger partial charge in [-0.05, 0) is 24.3 Å². The smallest absolute Gasteiger partial charge is 0.273 e. The van der Waals surface area contributed by atoms with Crippen molar-refractivity contribution >= 4 is 21.9 Å². The normalized spacial score (nSPS) is 11.2. The first-order valence-electron chi connectivity index (χ1n) is 7.95. The largest absolute Gasteiger partial charge is 0.496 e. The van der Waals surface area contributed by atoms with Crippen molar-refractivity contribution in [1.82, 2.24) is 19.7 Å². The predicted octanol–water partition coefficient (Wildman–Crippen LogP) is 1.27. The van der Waals surface area contributed by atoms with Crippen molar-refractivity contribution in [3.05, 3.63) is 42.2 Å². The molecule has 140 valence electrons. The topological polar surface area (TPSA) is 114 Å². The third-order valence-corrected chi connectivity index (χ3v) is 5.66. The van der Waals surface area contributed by atoms with Gasteiger partial charge in [0, 0.05) is 25.5 Å². The molecule has 2 rings (SSSR count). The zero-order valence-electron chi connectivity index (χ0n) is 14.8. The summed E-state index contributed by atoms with van der Waals surface area (Å²) in [7, 11) is -2.30. The van der Waals surface area contributed by atoms with Gasteiger partial charge < -0.3 is 4.74 Å². The molecule has 26 heavy (non-hydrogen) atoms. The molecule has 0 aliphatic rings. The number of anilines is 1. The summed E-state index contributed by atoms with van der Waals surface area (Å²) in [6.45, 7) is 4.17. The molecule has 0 unspecified atom stereocenters. The molecule has 0 fully saturated rings. The molecule has 1 aromatic carbocycles. The molecule has 1 aromatic heterocycles. The number of rotatable bonds is 8. The Kier molecular flexibility index (Phi) is 6.47. The SMILES string of the molecule is CCN(CC)S(=O)(=O)c1ccc(OC)c(C(=O)NNc2ncccn2)c1. The number of nitrogens with one attached hydrogen (secondary N) is 2. The summed E-state index contributed by atoms with van der Waals surface area (Å²) in [6, 6.07) is 5.79. The Morgan fingerprint density at radius 1 is 1.19 bits per heavy atom. The number of nitrogens with zero attached hydrogens (tertiary/aromatic N) is 3. The minimum atomic E-state index is -3.70. The standard InChI is InChI=1S/C16H21N5O4S/c1-4-21(5-2)26(23,24)12-7-8-14(25-3)13(11-12)15(22)19-20-16-17-9-6-10-18-16/h6-11H,4-5H2,1-3H3,(H,19,22)(H,17,18,20). The highest BCUT2D eigenvalue weighted by atomic mass is 32.2. The molecule has 0 bridgehead atoms. The zero-order valence-corrected chi connectivity index (χ0v) is 15.6. The van der Waals surface area contributed by atoms with Gasteiger partial charge in [0.05, 0.1) is 17.6 Å². The molecule has 0 saturated carbocycles. The summed E-state index contributed by atoms with van der Waals surface area (Å²) in [6.07, 6.45) is 3.03. The summed E-state index contributed by atoms with van der Waals surface area (Å²) >= 11 is 0. The van der Waals surface area contributed by atoms with Crippen molar-refractivity contribution in [2.24, 2.45) is 0 Å². The summed E-state index contributed by atoms with van der Waals surface area (Å²) in [5, 5.41) is 0. The van der Waals surface area contributed by atoms with Crippen LogP contribution in [-0.4, -0.2) is 48.8 Å². The van der Waals surface area contributed by atoms with Gasteiger partial charge in [-0.1, -0.05) is 13.8 Å². The van der Waals surface area contributed by atoms with E-state index < -0.39 is 15.9 Å². The van der Waals surface area contributed by atoms with Crippen LogP contribution in [0.2, 0.25) is 0 Å². The summed E-state index contributed by atoms with van der Waals surface area (Å²) in [5.41, 5.74) is 5.06. The van der Waals surface area contributed by atoms with Crippen LogP contribution in [0, 0.1) is 0 Å². The second-order valence-corrected chi connectivity index (χ2v) is 7.04. The number of hydrazine groups is 1. The van der Waals surface area contributed by atoms with Crippen molar-refractivity contribution in [3.63, 3.8) is 0 Å². The number of aromatic nitrogens is 2. The molecular formula is C16H21N5O4S. The molecule has 10 heteroatoms. The van der Waals surface area contributed by atoms with Crippen molar-refractivity contribution in [2.75, 3.05) is 25.6 Å². The summed E-state index contributed by atoms with van der Waals surface area (Å²) in [4.78, 5) is 20.3. The van der Waals surface area contributed by atoms with E-state index in [0.717, 1.165) is 0 Å². The van der Waals surface area contributed by atoms with Gasteiger partial charge in [0.15, 0.2) is 0 Å². The molecule has 2 aromatic rings. The van der Waals surface area contributed by atoms with Gasteiger partial charge in [-0.15, -0.1) is 0 Å². The van der Waals surface area contributed by atoms with E-state index in [2.05, 4.69) is 20.8 Å². The maximum atomic E-state index is 12.7. The first kappa shape index (κ1) is 19.6. The maximum absolute atomic E-state index is 12.7. The van der Waals surface area contributed by atoms with E-state index in [1.165, 1.54) is 42.0 Å². The van der Waals surface area contributed by atoms with E-state index >= 15 is 0 Å². The number of carbonyl (C=O) groups excluding carboxylic acids is 1. The third-order valence-electron chi connectivity index (χ3n) is 3.61. The first-order valence-corrected chi connectivity index (χ1v) is 9.39. The summed E-state index contributed by atoms with van der Waals surface area (Å²) < 4.78 is 31.8. The molecule has 0 aliphatic carbocycles. The predicted molar refractivity (Wildman–Crippen MR) is 96.2 cm³/mol. The van der Waals surface area contributed by atoms with Crippen LogP contribution in [0.4, 0.5) is 5.95 Å². The van der Waals surface area contributed by atoms with Gasteiger partial charge in [-0.3, -0.25) is 15.6 Å². The Labute approximate surface area is 152 Å². The van der Waals surface area contributed by atoms with Gasteiger partial charge in [-0.2, -0.15) is 4.31 Å². The van der Waals surface area contributed by atoms with Gasteiger partial charge in [0.2, 0.25) is 16.0 Å². The van der Waals surface area contributed by atoms with Crippen LogP contribution in [0.15, 0.2) is 41.6 Å². The van der Waals surface area contributed by atoms with Gasteiger partial charge in [0.25, 0.3) is 5.91 Å². The fourth-order valence-corrected chi connectivity index (χ4v) is 3.77. The Morgan fingerprint density at radius 3 is 2.42 bits per heavy atom. The minimum Gasteiger partial charge on any atom is -0.496 e. The quantitative estimate of drug-likeness (QED) is 0.664. The van der Waals surface area contributed by atoms with Crippen molar-refractivity contribution in [2.45, 2.75) is 18.7 Å². The van der Waals surface area contributed by atoms with E-state index in [1.54, 1.807) is 19.9 Å². The highest BCUT2D eigenvalue weighted by Gasteiger charge is 2.24. The van der Waals surface area contributed by atoms with Gasteiger partial charge in [-0.25, -0.2) is 18.4 Å². The van der Waals surface area contributed by atoms with Crippen LogP contribution in [0.3, 0.4) is 0 Å². The van der Waals surface area contributed by atoms with Crippen LogP contribution in [0.5, 0.6) is 5.75 Å². The van der Waals surface area contributed by atoms with E-state index in [0.29, 0.717) is 13.1 Å². The average Bonchev–Trinajstić information content (AvgIpc) is 2.67. The highest BCUT2D eigenvalue weighted by Crippen LogP contribution is 2.24. The second kappa shape index (κ2) is 8.59. The number of methoxy groups -OCH3 is 1. The highest BCUT2D eigenvalue weighted by molar-refractivity contribution is 7.89. The fraction of sp³-hybridized carbons (Fsp3) is 0.312. The number of ether oxygens (including phenoxy) is 1. The summed E-state index contributed by atoms with van der Waals surface area (Å²) in [5.74, 6) is -0.130. The van der Waals surface area contributed by atoms with E-state index in [9.17, 15) is 13.2 Å². The van der Waals surface area contributed by atoms with Crippen LogP contribution >= 0.6 is 0 Å². The molecular weight excluding hydrogens is 358 g/mol. The molecule has 0 saturated heterocycles. The monoisotopic (exact) mass is 379 g/mol. The molecule has 1 heterocycles. The second-order valence-electron chi connectivity index (χ2n) is 5.10. The van der Waals surface area contributed by atoms with E-state index in [4.69, 9.17) is 4.74 Å². The maximum Gasteiger partial charge on any atom is 0.273 e. The van der Waals surface area contributed by atoms with Crippen LogP contribution in [0.1, 0.15) is 24.2 Å². The molecule has 0 aliphatic heterocycles. The number of sulfonamides is 1. The van der Waals surface area contributed by atoms with Crippen molar-refractivity contribution in [1.29, 1.82) is 0 Å². The van der Waals surface area contributed by atoms with Gasteiger partial charge >= 0.3 is 0 Å². The zero-order chi connectivity index (χ0) is 19.2. The molecule has 9 nitrogen and oxygen atoms in total. The minimum absolute atomic E-state index is 0.0168. The van der Waals surface area contributed by atoms with Crippen molar-refractivity contribution < 1.29 is 17.9 Å². The lowest BCUT2D eigenvalue weighted by Gasteiger charge is -2.19. The molecule has 0 radical (unpaired) electrons. The number of benzene rings is 1. The lowest BCUT2D eigenvalue weighted by Crippen LogP contribution is -2.32. The van der Waals surface area contributed by atoms with Crippen LogP contribution in [-0.2, 0) is 10.0 Å². The lowest BCUT2D eigenvalue weighted by atomic mass is 10.2. The molecule has 0 atom stereocenters.